The molecule has 27 heavy (non-hydrogen) atoms. The highest BCUT2D eigenvalue weighted by atomic mass is 32.1. The van der Waals surface area contributed by atoms with Gasteiger partial charge in [0.1, 0.15) is 11.1 Å². The lowest BCUT2D eigenvalue weighted by Crippen LogP contribution is -2.54. The predicted octanol–water partition coefficient (Wildman–Crippen LogP) is 3.94. The van der Waals surface area contributed by atoms with Crippen molar-refractivity contribution in [3.63, 3.8) is 0 Å². The van der Waals surface area contributed by atoms with E-state index in [0.717, 1.165) is 10.4 Å². The number of non-ortho nitro benzene ring substituents is 1. The van der Waals surface area contributed by atoms with E-state index in [0.29, 0.717) is 22.5 Å². The number of anilines is 1. The quantitative estimate of drug-likeness (QED) is 0.615. The normalized spacial score (nSPS) is 16.9. The minimum atomic E-state index is -0.514. The van der Waals surface area contributed by atoms with Crippen molar-refractivity contribution in [2.75, 3.05) is 5.32 Å². The first kappa shape index (κ1) is 19.0. The predicted molar refractivity (Wildman–Crippen MR) is 104 cm³/mol. The van der Waals surface area contributed by atoms with E-state index >= 15 is 0 Å². The number of nitrogens with one attached hydrogen (secondary N) is 2. The van der Waals surface area contributed by atoms with E-state index in [9.17, 15) is 20.2 Å². The summed E-state index contributed by atoms with van der Waals surface area (Å²) in [7, 11) is 0. The van der Waals surface area contributed by atoms with Gasteiger partial charge >= 0.3 is 0 Å². The molecular formula is C19H20N4O3S. The van der Waals surface area contributed by atoms with E-state index in [4.69, 9.17) is 0 Å². The van der Waals surface area contributed by atoms with E-state index in [-0.39, 0.29) is 16.8 Å². The average molecular weight is 384 g/mol. The molecule has 1 aromatic heterocycles. The number of benzene rings is 1. The molecule has 8 heteroatoms. The lowest BCUT2D eigenvalue weighted by atomic mass is 9.81. The van der Waals surface area contributed by atoms with E-state index in [1.54, 1.807) is 0 Å². The first-order valence-corrected chi connectivity index (χ1v) is 9.27. The highest BCUT2D eigenvalue weighted by molar-refractivity contribution is 7.17. The molecule has 140 valence electrons. The summed E-state index contributed by atoms with van der Waals surface area (Å²) in [4.78, 5) is 23.8. The molecule has 2 aromatic rings. The highest BCUT2D eigenvalue weighted by Gasteiger charge is 2.40. The second kappa shape index (κ2) is 6.44. The van der Waals surface area contributed by atoms with Crippen molar-refractivity contribution in [2.45, 2.75) is 45.2 Å². The van der Waals surface area contributed by atoms with Crippen molar-refractivity contribution in [1.82, 2.24) is 5.32 Å². The average Bonchev–Trinajstić information content (AvgIpc) is 2.90. The van der Waals surface area contributed by atoms with Gasteiger partial charge < -0.3 is 10.6 Å². The van der Waals surface area contributed by atoms with Crippen LogP contribution in [0.2, 0.25) is 0 Å². The van der Waals surface area contributed by atoms with Crippen LogP contribution in [-0.4, -0.2) is 16.4 Å². The van der Waals surface area contributed by atoms with E-state index in [2.05, 4.69) is 44.4 Å². The molecule has 0 saturated heterocycles. The van der Waals surface area contributed by atoms with Gasteiger partial charge in [0.25, 0.3) is 11.6 Å². The standard InChI is InChI=1S/C19H20N4O3S/c1-18(2)9-13-14(10-20)17(27-15(13)19(3,4)22-18)21-16(24)11-5-7-12(8-6-11)23(25)26/h5-8,22H,9H2,1-4H3,(H,21,24). The van der Waals surface area contributed by atoms with Crippen LogP contribution in [-0.2, 0) is 12.0 Å². The van der Waals surface area contributed by atoms with Crippen molar-refractivity contribution in [1.29, 1.82) is 5.26 Å². The Balaban J connectivity index is 1.94. The lowest BCUT2D eigenvalue weighted by molar-refractivity contribution is -0.384. The minimum absolute atomic E-state index is 0.0779. The van der Waals surface area contributed by atoms with Crippen molar-refractivity contribution in [3.05, 3.63) is 55.9 Å². The molecule has 3 rings (SSSR count). The number of nitrogens with zero attached hydrogens (tertiary/aromatic N) is 2. The largest absolute Gasteiger partial charge is 0.312 e. The van der Waals surface area contributed by atoms with Gasteiger partial charge in [0, 0.05) is 33.7 Å². The lowest BCUT2D eigenvalue weighted by Gasteiger charge is -2.42. The molecule has 1 aliphatic rings. The van der Waals surface area contributed by atoms with Crippen LogP contribution in [0.5, 0.6) is 0 Å². The van der Waals surface area contributed by atoms with Crippen LogP contribution in [0.4, 0.5) is 10.7 Å². The summed E-state index contributed by atoms with van der Waals surface area (Å²) in [6.07, 6.45) is 0.693. The molecule has 2 heterocycles. The number of hydrogen-bond acceptors (Lipinski definition) is 6. The van der Waals surface area contributed by atoms with Gasteiger partial charge in [-0.25, -0.2) is 0 Å². The summed E-state index contributed by atoms with van der Waals surface area (Å²) >= 11 is 1.40. The number of nitriles is 1. The monoisotopic (exact) mass is 384 g/mol. The van der Waals surface area contributed by atoms with Gasteiger partial charge in [0.2, 0.25) is 0 Å². The maximum absolute atomic E-state index is 12.6. The molecule has 7 nitrogen and oxygen atoms in total. The Labute approximate surface area is 161 Å². The van der Waals surface area contributed by atoms with Crippen molar-refractivity contribution in [3.8, 4) is 6.07 Å². The van der Waals surface area contributed by atoms with E-state index in [1.807, 2.05) is 0 Å². The molecule has 0 atom stereocenters. The Morgan fingerprint density at radius 2 is 1.93 bits per heavy atom. The van der Waals surface area contributed by atoms with Crippen LogP contribution in [0, 0.1) is 21.4 Å². The fourth-order valence-corrected chi connectivity index (χ4v) is 4.87. The molecular weight excluding hydrogens is 364 g/mol. The van der Waals surface area contributed by atoms with Gasteiger partial charge in [0.05, 0.1) is 10.5 Å². The number of nitro benzene ring substituents is 1. The zero-order chi connectivity index (χ0) is 20.0. The summed E-state index contributed by atoms with van der Waals surface area (Å²) < 4.78 is 0. The molecule has 2 N–H and O–H groups in total. The summed E-state index contributed by atoms with van der Waals surface area (Å²) in [5.41, 5.74) is 1.20. The third-order valence-corrected chi connectivity index (χ3v) is 5.99. The summed E-state index contributed by atoms with van der Waals surface area (Å²) in [5.74, 6) is -0.398. The van der Waals surface area contributed by atoms with Crippen LogP contribution in [0.15, 0.2) is 24.3 Å². The summed E-state index contributed by atoms with van der Waals surface area (Å²) in [5, 5.41) is 27.3. The number of rotatable bonds is 3. The van der Waals surface area contributed by atoms with Gasteiger partial charge in [-0.3, -0.25) is 14.9 Å². The molecule has 1 amide bonds. The van der Waals surface area contributed by atoms with E-state index in [1.165, 1.54) is 35.6 Å². The number of amides is 1. The molecule has 0 saturated carbocycles. The maximum atomic E-state index is 12.6. The second-order valence-corrected chi connectivity index (χ2v) is 8.82. The SMILES string of the molecule is CC1(C)Cc2c(sc(NC(=O)c3ccc([N+](=O)[O-])cc3)c2C#N)C(C)(C)N1. The number of thiophene rings is 1. The fraction of sp³-hybridized carbons (Fsp3) is 0.368. The minimum Gasteiger partial charge on any atom is -0.312 e. The topological polar surface area (TPSA) is 108 Å². The number of carbonyl (C=O) groups is 1. The van der Waals surface area contributed by atoms with Crippen LogP contribution in [0.3, 0.4) is 0 Å². The number of carbonyl (C=O) groups excluding carboxylic acids is 1. The molecule has 0 fully saturated rings. The van der Waals surface area contributed by atoms with Crippen molar-refractivity contribution in [2.24, 2.45) is 0 Å². The number of fused-ring (bicyclic) bond motifs is 1. The molecule has 0 bridgehead atoms. The highest BCUT2D eigenvalue weighted by Crippen LogP contribution is 2.44. The zero-order valence-electron chi connectivity index (χ0n) is 15.5. The van der Waals surface area contributed by atoms with Gasteiger partial charge in [-0.1, -0.05) is 0 Å². The molecule has 0 radical (unpaired) electrons. The Bertz CT molecular complexity index is 968. The second-order valence-electron chi connectivity index (χ2n) is 7.79. The van der Waals surface area contributed by atoms with Crippen LogP contribution in [0.25, 0.3) is 0 Å². The fourth-order valence-electron chi connectivity index (χ4n) is 3.64. The van der Waals surface area contributed by atoms with Gasteiger partial charge in [0.15, 0.2) is 0 Å². The van der Waals surface area contributed by atoms with Crippen LogP contribution >= 0.6 is 11.3 Å². The molecule has 0 aliphatic carbocycles. The van der Waals surface area contributed by atoms with E-state index < -0.39 is 10.8 Å². The Hall–Kier alpha value is -2.76. The third-order valence-electron chi connectivity index (χ3n) is 4.52. The Kier molecular flexibility index (Phi) is 4.54. The Morgan fingerprint density at radius 3 is 2.48 bits per heavy atom. The van der Waals surface area contributed by atoms with Gasteiger partial charge in [-0.15, -0.1) is 11.3 Å². The van der Waals surface area contributed by atoms with Crippen molar-refractivity contribution < 1.29 is 9.72 Å². The molecule has 1 aromatic carbocycles. The summed E-state index contributed by atoms with van der Waals surface area (Å²) in [6, 6.07) is 7.62. The maximum Gasteiger partial charge on any atom is 0.269 e. The van der Waals surface area contributed by atoms with Crippen LogP contribution in [0.1, 0.15) is 54.1 Å². The first-order chi connectivity index (χ1) is 12.5. The molecule has 0 spiro atoms. The zero-order valence-corrected chi connectivity index (χ0v) is 16.4. The smallest absolute Gasteiger partial charge is 0.269 e. The summed E-state index contributed by atoms with van der Waals surface area (Å²) in [6.45, 7) is 8.30. The van der Waals surface area contributed by atoms with Crippen molar-refractivity contribution >= 4 is 27.9 Å². The van der Waals surface area contributed by atoms with Gasteiger partial charge in [-0.2, -0.15) is 5.26 Å². The first-order valence-electron chi connectivity index (χ1n) is 8.45. The Morgan fingerprint density at radius 1 is 1.30 bits per heavy atom. The van der Waals surface area contributed by atoms with Crippen LogP contribution < -0.4 is 10.6 Å². The number of nitro groups is 1. The van der Waals surface area contributed by atoms with Gasteiger partial charge in [-0.05, 0) is 51.8 Å². The molecule has 0 unspecified atom stereocenters. The third kappa shape index (κ3) is 3.56. The molecule has 1 aliphatic heterocycles. The number of hydrogen-bond donors (Lipinski definition) is 2.